The number of nitrogens with zero attached hydrogens (tertiary/aromatic N) is 2. The summed E-state index contributed by atoms with van der Waals surface area (Å²) in [4.78, 5) is 29.3. The van der Waals surface area contributed by atoms with E-state index in [1.165, 1.54) is 37.8 Å². The number of halogens is 1. The Morgan fingerprint density at radius 1 is 0.923 bits per heavy atom. The minimum absolute atomic E-state index is 0.0319. The standard InChI is InChI=1S/C33H35FN2O3/c1-35(2)29-13-11-26(12-14-29)25-8-4-22(5-9-25)21-36(33(38)31-19-23-6-10-27(31)16-23)30-18-24(17-28(34)20-30)7-15-32(37)39-3/h4-5,7-9,11-15,17-18,20,23,27,31H,6,10,16,19,21H2,1-3H3. The lowest BCUT2D eigenvalue weighted by molar-refractivity contribution is -0.134. The van der Waals surface area contributed by atoms with Gasteiger partial charge in [-0.25, -0.2) is 9.18 Å². The van der Waals surface area contributed by atoms with Crippen LogP contribution in [-0.2, 0) is 20.9 Å². The Morgan fingerprint density at radius 3 is 2.21 bits per heavy atom. The molecule has 0 spiro atoms. The van der Waals surface area contributed by atoms with Gasteiger partial charge < -0.3 is 14.5 Å². The molecule has 3 atom stereocenters. The van der Waals surface area contributed by atoms with Gasteiger partial charge in [0.1, 0.15) is 5.82 Å². The van der Waals surface area contributed by atoms with Crippen LogP contribution in [-0.4, -0.2) is 33.1 Å². The molecule has 202 valence electrons. The van der Waals surface area contributed by atoms with Gasteiger partial charge in [-0.15, -0.1) is 0 Å². The Morgan fingerprint density at radius 2 is 1.62 bits per heavy atom. The molecule has 39 heavy (non-hydrogen) atoms. The van der Waals surface area contributed by atoms with Crippen molar-refractivity contribution >= 4 is 29.3 Å². The first-order valence-corrected chi connectivity index (χ1v) is 13.6. The molecular weight excluding hydrogens is 491 g/mol. The van der Waals surface area contributed by atoms with Crippen LogP contribution in [0.2, 0.25) is 0 Å². The fourth-order valence-corrected chi connectivity index (χ4v) is 6.06. The van der Waals surface area contributed by atoms with Crippen LogP contribution in [0, 0.1) is 23.6 Å². The lowest BCUT2D eigenvalue weighted by Gasteiger charge is -2.30. The minimum atomic E-state index is -0.521. The number of ether oxygens (including phenoxy) is 1. The third-order valence-electron chi connectivity index (χ3n) is 8.16. The number of rotatable bonds is 8. The van der Waals surface area contributed by atoms with Gasteiger partial charge >= 0.3 is 5.97 Å². The Kier molecular flexibility index (Phi) is 7.82. The van der Waals surface area contributed by atoms with Crippen molar-refractivity contribution in [3.05, 3.63) is 89.8 Å². The largest absolute Gasteiger partial charge is 0.466 e. The van der Waals surface area contributed by atoms with Crippen molar-refractivity contribution in [2.75, 3.05) is 31.0 Å². The van der Waals surface area contributed by atoms with Crippen molar-refractivity contribution in [3.8, 4) is 11.1 Å². The molecule has 0 N–H and O–H groups in total. The van der Waals surface area contributed by atoms with Crippen molar-refractivity contribution in [2.45, 2.75) is 32.2 Å². The number of carbonyl (C=O) groups is 2. The average molecular weight is 527 g/mol. The highest BCUT2D eigenvalue weighted by molar-refractivity contribution is 5.96. The summed E-state index contributed by atoms with van der Waals surface area (Å²) in [5.41, 5.74) is 5.32. The first-order chi connectivity index (χ1) is 18.8. The van der Waals surface area contributed by atoms with Crippen LogP contribution in [0.3, 0.4) is 0 Å². The van der Waals surface area contributed by atoms with Gasteiger partial charge in [0.15, 0.2) is 0 Å². The highest BCUT2D eigenvalue weighted by Gasteiger charge is 2.44. The Hall–Kier alpha value is -3.93. The molecular formula is C33H35FN2O3. The molecule has 3 aromatic rings. The second-order valence-electron chi connectivity index (χ2n) is 10.9. The summed E-state index contributed by atoms with van der Waals surface area (Å²) in [6.07, 6.45) is 7.08. The van der Waals surface area contributed by atoms with Crippen LogP contribution in [0.25, 0.3) is 17.2 Å². The zero-order chi connectivity index (χ0) is 27.5. The van der Waals surface area contributed by atoms with E-state index < -0.39 is 11.8 Å². The van der Waals surface area contributed by atoms with Crippen molar-refractivity contribution in [3.63, 3.8) is 0 Å². The molecule has 3 aromatic carbocycles. The normalized spacial score (nSPS) is 19.8. The van der Waals surface area contributed by atoms with Crippen LogP contribution in [0.5, 0.6) is 0 Å². The summed E-state index contributed by atoms with van der Waals surface area (Å²) in [5.74, 6) is 0.0702. The number of esters is 1. The molecule has 0 heterocycles. The fourth-order valence-electron chi connectivity index (χ4n) is 6.06. The van der Waals surface area contributed by atoms with Crippen molar-refractivity contribution in [2.24, 2.45) is 17.8 Å². The molecule has 5 rings (SSSR count). The third kappa shape index (κ3) is 6.06. The van der Waals surface area contributed by atoms with Gasteiger partial charge in [0, 0.05) is 37.5 Å². The second-order valence-corrected chi connectivity index (χ2v) is 10.9. The molecule has 2 bridgehead atoms. The van der Waals surface area contributed by atoms with E-state index in [1.54, 1.807) is 11.0 Å². The summed E-state index contributed by atoms with van der Waals surface area (Å²) in [5, 5.41) is 0. The molecule has 0 saturated heterocycles. The van der Waals surface area contributed by atoms with Gasteiger partial charge in [-0.3, -0.25) is 4.79 Å². The number of amides is 1. The Labute approximate surface area is 229 Å². The molecule has 0 aliphatic heterocycles. The van der Waals surface area contributed by atoms with E-state index in [-0.39, 0.29) is 11.8 Å². The number of hydrogen-bond donors (Lipinski definition) is 0. The Bertz CT molecular complexity index is 1360. The van der Waals surface area contributed by atoms with Gasteiger partial charge in [-0.1, -0.05) is 42.8 Å². The zero-order valence-electron chi connectivity index (χ0n) is 22.8. The van der Waals surface area contributed by atoms with Gasteiger partial charge in [0.25, 0.3) is 0 Å². The molecule has 6 heteroatoms. The van der Waals surface area contributed by atoms with Crippen LogP contribution in [0.1, 0.15) is 36.8 Å². The first-order valence-electron chi connectivity index (χ1n) is 13.6. The second kappa shape index (κ2) is 11.4. The molecule has 2 fully saturated rings. The zero-order valence-corrected chi connectivity index (χ0v) is 22.8. The molecule has 2 aliphatic rings. The predicted octanol–water partition coefficient (Wildman–Crippen LogP) is 6.71. The molecule has 0 radical (unpaired) electrons. The maximum Gasteiger partial charge on any atom is 0.330 e. The van der Waals surface area contributed by atoms with Gasteiger partial charge in [0.05, 0.1) is 13.7 Å². The van der Waals surface area contributed by atoms with E-state index in [2.05, 4.69) is 46.0 Å². The maximum atomic E-state index is 14.8. The van der Waals surface area contributed by atoms with Crippen LogP contribution in [0.15, 0.2) is 72.8 Å². The summed E-state index contributed by atoms with van der Waals surface area (Å²) in [7, 11) is 5.33. The summed E-state index contributed by atoms with van der Waals surface area (Å²) >= 11 is 0. The lowest BCUT2D eigenvalue weighted by atomic mass is 9.87. The molecule has 3 unspecified atom stereocenters. The van der Waals surface area contributed by atoms with Crippen molar-refractivity contribution in [1.82, 2.24) is 0 Å². The number of methoxy groups -OCH3 is 1. The van der Waals surface area contributed by atoms with Crippen molar-refractivity contribution < 1.29 is 18.7 Å². The van der Waals surface area contributed by atoms with Gasteiger partial charge in [0.2, 0.25) is 5.91 Å². The number of carbonyl (C=O) groups excluding carboxylic acids is 2. The average Bonchev–Trinajstić information content (AvgIpc) is 3.58. The van der Waals surface area contributed by atoms with Crippen molar-refractivity contribution in [1.29, 1.82) is 0 Å². The number of hydrogen-bond acceptors (Lipinski definition) is 4. The summed E-state index contributed by atoms with van der Waals surface area (Å²) in [6, 6.07) is 21.1. The van der Waals surface area contributed by atoms with E-state index in [4.69, 9.17) is 0 Å². The quantitative estimate of drug-likeness (QED) is 0.242. The van der Waals surface area contributed by atoms with E-state index in [1.807, 2.05) is 26.2 Å². The number of fused-ring (bicyclic) bond motifs is 2. The smallest absolute Gasteiger partial charge is 0.330 e. The summed E-state index contributed by atoms with van der Waals surface area (Å²) < 4.78 is 19.4. The van der Waals surface area contributed by atoms with Crippen LogP contribution < -0.4 is 9.80 Å². The minimum Gasteiger partial charge on any atom is -0.466 e. The number of benzene rings is 3. The highest BCUT2D eigenvalue weighted by Crippen LogP contribution is 2.49. The van der Waals surface area contributed by atoms with E-state index in [0.717, 1.165) is 41.6 Å². The predicted molar refractivity (Wildman–Crippen MR) is 154 cm³/mol. The number of anilines is 2. The molecule has 1 amide bonds. The van der Waals surface area contributed by atoms with Gasteiger partial charge in [-0.05, 0) is 89.8 Å². The van der Waals surface area contributed by atoms with Crippen LogP contribution in [0.4, 0.5) is 15.8 Å². The molecule has 2 saturated carbocycles. The first kappa shape index (κ1) is 26.7. The van der Waals surface area contributed by atoms with Crippen LogP contribution >= 0.6 is 0 Å². The third-order valence-corrected chi connectivity index (χ3v) is 8.16. The summed E-state index contributed by atoms with van der Waals surface area (Å²) in [6.45, 7) is 0.343. The van der Waals surface area contributed by atoms with Gasteiger partial charge in [-0.2, -0.15) is 0 Å². The monoisotopic (exact) mass is 526 g/mol. The molecule has 5 nitrogen and oxygen atoms in total. The SMILES string of the molecule is COC(=O)C=Cc1cc(F)cc(N(Cc2ccc(-c3ccc(N(C)C)cc3)cc2)C(=O)C2CC3CCC2C3)c1. The van der Waals surface area contributed by atoms with E-state index in [9.17, 15) is 14.0 Å². The molecule has 2 aliphatic carbocycles. The maximum absolute atomic E-state index is 14.8. The Balaban J connectivity index is 1.43. The highest BCUT2D eigenvalue weighted by atomic mass is 19.1. The van der Waals surface area contributed by atoms with E-state index in [0.29, 0.717) is 29.6 Å². The molecule has 0 aromatic heterocycles. The fraction of sp³-hybridized carbons (Fsp3) is 0.333. The van der Waals surface area contributed by atoms with E-state index >= 15 is 0 Å². The lowest BCUT2D eigenvalue weighted by Crippen LogP contribution is -2.38. The topological polar surface area (TPSA) is 49.9 Å².